The molecule has 3 aromatic rings. The van der Waals surface area contributed by atoms with Gasteiger partial charge in [0.2, 0.25) is 10.0 Å². The van der Waals surface area contributed by atoms with E-state index in [0.29, 0.717) is 16.6 Å². The fraction of sp³-hybridized carbons (Fsp3) is 0.238. The first-order chi connectivity index (χ1) is 13.4. The lowest BCUT2D eigenvalue weighted by Crippen LogP contribution is -2.32. The van der Waals surface area contributed by atoms with Crippen molar-refractivity contribution < 1.29 is 13.2 Å². The first-order valence-electron chi connectivity index (χ1n) is 9.04. The molecule has 0 atom stereocenters. The molecule has 0 bridgehead atoms. The molecule has 0 saturated carbocycles. The first kappa shape index (κ1) is 20.0. The molecule has 1 amide bonds. The minimum atomic E-state index is -3.45. The van der Waals surface area contributed by atoms with Crippen molar-refractivity contribution in [2.75, 3.05) is 0 Å². The van der Waals surface area contributed by atoms with Crippen LogP contribution in [0, 0.1) is 0 Å². The second-order valence-electron chi connectivity index (χ2n) is 6.86. The van der Waals surface area contributed by atoms with Gasteiger partial charge >= 0.3 is 0 Å². The summed E-state index contributed by atoms with van der Waals surface area (Å²) in [5, 5.41) is 3.77. The van der Waals surface area contributed by atoms with Crippen LogP contribution in [0.15, 0.2) is 60.8 Å². The molecule has 0 saturated heterocycles. The van der Waals surface area contributed by atoms with Crippen LogP contribution in [-0.4, -0.2) is 25.4 Å². The van der Waals surface area contributed by atoms with E-state index in [2.05, 4.69) is 15.0 Å². The zero-order valence-corrected chi connectivity index (χ0v) is 16.7. The van der Waals surface area contributed by atoms with E-state index in [1.165, 1.54) is 0 Å². The van der Waals surface area contributed by atoms with Crippen LogP contribution in [0.2, 0.25) is 0 Å². The number of hydrogen-bond donors (Lipinski definition) is 2. The first-order valence-corrected chi connectivity index (χ1v) is 10.7. The van der Waals surface area contributed by atoms with E-state index in [-0.39, 0.29) is 24.2 Å². The third-order valence-corrected chi connectivity index (χ3v) is 5.72. The van der Waals surface area contributed by atoms with Gasteiger partial charge in [0.05, 0.1) is 16.8 Å². The van der Waals surface area contributed by atoms with Crippen molar-refractivity contribution in [2.24, 2.45) is 0 Å². The topological polar surface area (TPSA) is 88.2 Å². The molecule has 0 fully saturated rings. The molecular weight excluding hydrogens is 374 g/mol. The van der Waals surface area contributed by atoms with Crippen LogP contribution in [0.25, 0.3) is 10.9 Å². The lowest BCUT2D eigenvalue weighted by Gasteiger charge is -2.13. The lowest BCUT2D eigenvalue weighted by atomic mass is 10.1. The maximum Gasteiger partial charge on any atom is 0.253 e. The van der Waals surface area contributed by atoms with Gasteiger partial charge in [0.1, 0.15) is 0 Å². The number of carbonyl (C=O) groups is 1. The summed E-state index contributed by atoms with van der Waals surface area (Å²) in [7, 11) is -3.45. The Kier molecular flexibility index (Phi) is 6.06. The number of benzene rings is 2. The zero-order chi connectivity index (χ0) is 20.1. The largest absolute Gasteiger partial charge is 0.348 e. The summed E-state index contributed by atoms with van der Waals surface area (Å²) >= 11 is 0. The van der Waals surface area contributed by atoms with Crippen molar-refractivity contribution in [3.05, 3.63) is 77.5 Å². The summed E-state index contributed by atoms with van der Waals surface area (Å²) in [5.74, 6) is -0.380. The highest BCUT2D eigenvalue weighted by Gasteiger charge is 2.16. The summed E-state index contributed by atoms with van der Waals surface area (Å²) in [4.78, 5) is 17.0. The van der Waals surface area contributed by atoms with Gasteiger partial charge in [0.15, 0.2) is 0 Å². The van der Waals surface area contributed by atoms with Crippen LogP contribution in [-0.2, 0) is 22.3 Å². The Morgan fingerprint density at radius 3 is 2.46 bits per heavy atom. The standard InChI is InChI=1S/C21H23N3O3S/c1-15(2)24-28(26,27)14-18-8-4-3-7-17(18)13-23-21(25)19-11-5-9-16-10-6-12-22-20(16)19/h3-12,15,24H,13-14H2,1-2H3,(H,23,25). The van der Waals surface area contributed by atoms with Crippen LogP contribution >= 0.6 is 0 Å². The second kappa shape index (κ2) is 8.50. The number of para-hydroxylation sites is 1. The monoisotopic (exact) mass is 397 g/mol. The van der Waals surface area contributed by atoms with Gasteiger partial charge in [-0.3, -0.25) is 9.78 Å². The number of sulfonamides is 1. The fourth-order valence-corrected chi connectivity index (χ4v) is 4.53. The van der Waals surface area contributed by atoms with E-state index in [1.54, 1.807) is 38.2 Å². The van der Waals surface area contributed by atoms with Crippen molar-refractivity contribution in [3.8, 4) is 0 Å². The van der Waals surface area contributed by atoms with Gasteiger partial charge in [0.25, 0.3) is 5.91 Å². The molecule has 0 aliphatic rings. The average Bonchev–Trinajstić information content (AvgIpc) is 2.65. The smallest absolute Gasteiger partial charge is 0.253 e. The molecule has 6 nitrogen and oxygen atoms in total. The Morgan fingerprint density at radius 2 is 1.71 bits per heavy atom. The Balaban J connectivity index is 1.77. The number of aromatic nitrogens is 1. The van der Waals surface area contributed by atoms with Gasteiger partial charge < -0.3 is 5.32 Å². The number of rotatable bonds is 7. The third kappa shape index (κ3) is 4.94. The van der Waals surface area contributed by atoms with E-state index in [9.17, 15) is 13.2 Å². The van der Waals surface area contributed by atoms with E-state index >= 15 is 0 Å². The van der Waals surface area contributed by atoms with Gasteiger partial charge in [-0.2, -0.15) is 0 Å². The van der Waals surface area contributed by atoms with Crippen molar-refractivity contribution >= 4 is 26.8 Å². The summed E-state index contributed by atoms with van der Waals surface area (Å²) in [5.41, 5.74) is 2.55. The quantitative estimate of drug-likeness (QED) is 0.641. The number of carbonyl (C=O) groups excluding carboxylic acids is 1. The Labute approximate surface area is 165 Å². The van der Waals surface area contributed by atoms with E-state index in [0.717, 1.165) is 10.9 Å². The van der Waals surface area contributed by atoms with E-state index < -0.39 is 10.0 Å². The van der Waals surface area contributed by atoms with Crippen molar-refractivity contribution in [3.63, 3.8) is 0 Å². The van der Waals surface area contributed by atoms with Crippen molar-refractivity contribution in [2.45, 2.75) is 32.2 Å². The number of nitrogens with zero attached hydrogens (tertiary/aromatic N) is 1. The molecule has 7 heteroatoms. The minimum absolute atomic E-state index is 0.132. The molecule has 146 valence electrons. The highest BCUT2D eigenvalue weighted by atomic mass is 32.2. The molecule has 0 aliphatic heterocycles. The number of hydrogen-bond acceptors (Lipinski definition) is 4. The fourth-order valence-electron chi connectivity index (χ4n) is 3.03. The molecule has 0 aliphatic carbocycles. The maximum atomic E-state index is 12.7. The molecule has 2 aromatic carbocycles. The molecule has 3 rings (SSSR count). The summed E-state index contributed by atoms with van der Waals surface area (Å²) in [6, 6.07) is 16.2. The van der Waals surface area contributed by atoms with Gasteiger partial charge in [0, 0.05) is 24.2 Å². The summed E-state index contributed by atoms with van der Waals surface area (Å²) in [6.45, 7) is 3.79. The maximum absolute atomic E-state index is 12.7. The highest BCUT2D eigenvalue weighted by molar-refractivity contribution is 7.88. The Bertz CT molecular complexity index is 1090. The Hall–Kier alpha value is -2.77. The molecule has 1 aromatic heterocycles. The predicted octanol–water partition coefficient (Wildman–Crippen LogP) is 2.99. The molecule has 0 spiro atoms. The molecule has 2 N–H and O–H groups in total. The van der Waals surface area contributed by atoms with Gasteiger partial charge in [-0.1, -0.05) is 42.5 Å². The minimum Gasteiger partial charge on any atom is -0.348 e. The molecule has 1 heterocycles. The summed E-state index contributed by atoms with van der Waals surface area (Å²) < 4.78 is 27.1. The zero-order valence-electron chi connectivity index (χ0n) is 15.8. The number of fused-ring (bicyclic) bond motifs is 1. The third-order valence-electron chi connectivity index (χ3n) is 4.20. The Morgan fingerprint density at radius 1 is 1.00 bits per heavy atom. The van der Waals surface area contributed by atoms with Crippen LogP contribution in [0.4, 0.5) is 0 Å². The molecule has 0 radical (unpaired) electrons. The van der Waals surface area contributed by atoms with Gasteiger partial charge in [-0.15, -0.1) is 0 Å². The highest BCUT2D eigenvalue weighted by Crippen LogP contribution is 2.17. The normalized spacial score (nSPS) is 11.7. The second-order valence-corrected chi connectivity index (χ2v) is 8.62. The number of nitrogens with one attached hydrogen (secondary N) is 2. The molecular formula is C21H23N3O3S. The lowest BCUT2D eigenvalue weighted by molar-refractivity contribution is 0.0952. The van der Waals surface area contributed by atoms with Gasteiger partial charge in [-0.25, -0.2) is 13.1 Å². The summed E-state index contributed by atoms with van der Waals surface area (Å²) in [6.07, 6.45) is 1.65. The molecule has 0 unspecified atom stereocenters. The SMILES string of the molecule is CC(C)NS(=O)(=O)Cc1ccccc1CNC(=O)c1cccc2cccnc12. The molecule has 28 heavy (non-hydrogen) atoms. The van der Waals surface area contributed by atoms with Crippen molar-refractivity contribution in [1.82, 2.24) is 15.0 Å². The van der Waals surface area contributed by atoms with Crippen LogP contribution in [0.5, 0.6) is 0 Å². The predicted molar refractivity (Wildman–Crippen MR) is 110 cm³/mol. The van der Waals surface area contributed by atoms with E-state index in [4.69, 9.17) is 0 Å². The number of pyridine rings is 1. The van der Waals surface area contributed by atoms with Crippen LogP contribution in [0.1, 0.15) is 35.3 Å². The average molecular weight is 398 g/mol. The van der Waals surface area contributed by atoms with Crippen LogP contribution < -0.4 is 10.0 Å². The van der Waals surface area contributed by atoms with Gasteiger partial charge in [-0.05, 0) is 37.1 Å². The number of amides is 1. The van der Waals surface area contributed by atoms with Crippen LogP contribution in [0.3, 0.4) is 0 Å². The van der Waals surface area contributed by atoms with Crippen molar-refractivity contribution in [1.29, 1.82) is 0 Å². The van der Waals surface area contributed by atoms with E-state index in [1.807, 2.05) is 36.4 Å².